The summed E-state index contributed by atoms with van der Waals surface area (Å²) in [6, 6.07) is 0. The highest BCUT2D eigenvalue weighted by Gasteiger charge is 2.33. The third-order valence-electron chi connectivity index (χ3n) is 3.28. The van der Waals surface area contributed by atoms with Gasteiger partial charge in [0.1, 0.15) is 16.6 Å². The van der Waals surface area contributed by atoms with Gasteiger partial charge in [-0.05, 0) is 20.8 Å². The molecule has 0 aliphatic carbocycles. The number of aromatic nitrogens is 3. The third kappa shape index (κ3) is 2.65. The van der Waals surface area contributed by atoms with Gasteiger partial charge in [-0.2, -0.15) is 0 Å². The topological polar surface area (TPSA) is 83.0 Å². The van der Waals surface area contributed by atoms with Crippen molar-refractivity contribution in [1.29, 1.82) is 0 Å². The Balaban J connectivity index is 2.56. The van der Waals surface area contributed by atoms with Gasteiger partial charge in [0.2, 0.25) is 0 Å². The highest BCUT2D eigenvalue weighted by Crippen LogP contribution is 2.33. The van der Waals surface area contributed by atoms with Crippen molar-refractivity contribution in [2.24, 2.45) is 0 Å². The van der Waals surface area contributed by atoms with Crippen LogP contribution in [-0.2, 0) is 16.7 Å². The zero-order valence-corrected chi connectivity index (χ0v) is 13.5. The fourth-order valence-electron chi connectivity index (χ4n) is 2.31. The van der Waals surface area contributed by atoms with Crippen molar-refractivity contribution in [3.63, 3.8) is 0 Å². The molecular weight excluding hydrogens is 288 g/mol. The standard InChI is InChI=1S/C14H20N4O2S/c1-5-9-17-10(12(19)20-6-2)11(15)18(9)14(3,4)13-16-7-8-21-13/h7-8H,5-6,15H2,1-4H3. The quantitative estimate of drug-likeness (QED) is 0.858. The Bertz CT molecular complexity index is 632. The summed E-state index contributed by atoms with van der Waals surface area (Å²) in [5.41, 5.74) is 5.89. The average molecular weight is 308 g/mol. The summed E-state index contributed by atoms with van der Waals surface area (Å²) in [5, 5.41) is 2.83. The van der Waals surface area contributed by atoms with E-state index in [0.29, 0.717) is 18.8 Å². The maximum atomic E-state index is 12.0. The van der Waals surface area contributed by atoms with Gasteiger partial charge in [-0.25, -0.2) is 14.8 Å². The summed E-state index contributed by atoms with van der Waals surface area (Å²) >= 11 is 1.55. The number of hydrogen-bond acceptors (Lipinski definition) is 6. The molecule has 7 heteroatoms. The summed E-state index contributed by atoms with van der Waals surface area (Å²) < 4.78 is 6.89. The number of thiazole rings is 1. The van der Waals surface area contributed by atoms with Crippen molar-refractivity contribution < 1.29 is 9.53 Å². The van der Waals surface area contributed by atoms with Gasteiger partial charge in [0.15, 0.2) is 5.69 Å². The van der Waals surface area contributed by atoms with Crippen molar-refractivity contribution in [3.05, 3.63) is 28.1 Å². The van der Waals surface area contributed by atoms with Crippen molar-refractivity contribution in [1.82, 2.24) is 14.5 Å². The minimum Gasteiger partial charge on any atom is -0.461 e. The molecule has 2 N–H and O–H groups in total. The van der Waals surface area contributed by atoms with Gasteiger partial charge in [0.25, 0.3) is 0 Å². The maximum Gasteiger partial charge on any atom is 0.360 e. The first-order chi connectivity index (χ1) is 9.93. The van der Waals surface area contributed by atoms with Gasteiger partial charge in [-0.1, -0.05) is 6.92 Å². The number of imidazole rings is 1. The number of hydrogen-bond donors (Lipinski definition) is 1. The molecule has 21 heavy (non-hydrogen) atoms. The van der Waals surface area contributed by atoms with Crippen LogP contribution in [0.4, 0.5) is 5.82 Å². The minimum absolute atomic E-state index is 0.179. The van der Waals surface area contributed by atoms with E-state index in [9.17, 15) is 4.79 Å². The Hall–Kier alpha value is -1.89. The molecule has 0 unspecified atom stereocenters. The van der Waals surface area contributed by atoms with Crippen LogP contribution in [0.2, 0.25) is 0 Å². The second-order valence-corrected chi connectivity index (χ2v) is 5.96. The number of nitrogens with zero attached hydrogens (tertiary/aromatic N) is 3. The lowest BCUT2D eigenvalue weighted by Crippen LogP contribution is -2.30. The molecule has 2 aromatic heterocycles. The Labute approximate surface area is 128 Å². The van der Waals surface area contributed by atoms with Gasteiger partial charge in [-0.15, -0.1) is 11.3 Å². The molecule has 2 rings (SSSR count). The van der Waals surface area contributed by atoms with Crippen LogP contribution in [0.3, 0.4) is 0 Å². The molecule has 0 saturated carbocycles. The lowest BCUT2D eigenvalue weighted by molar-refractivity contribution is 0.0521. The highest BCUT2D eigenvalue weighted by atomic mass is 32.1. The largest absolute Gasteiger partial charge is 0.461 e. The van der Waals surface area contributed by atoms with Gasteiger partial charge < -0.3 is 15.0 Å². The van der Waals surface area contributed by atoms with E-state index >= 15 is 0 Å². The molecule has 0 aliphatic rings. The Morgan fingerprint density at radius 1 is 1.48 bits per heavy atom. The number of nitrogen functional groups attached to an aromatic ring is 1. The van der Waals surface area contributed by atoms with Crippen molar-refractivity contribution in [3.8, 4) is 0 Å². The van der Waals surface area contributed by atoms with E-state index < -0.39 is 11.5 Å². The Morgan fingerprint density at radius 2 is 2.19 bits per heavy atom. The smallest absolute Gasteiger partial charge is 0.360 e. The summed E-state index contributed by atoms with van der Waals surface area (Å²) in [5.74, 6) is 0.583. The second kappa shape index (κ2) is 5.85. The maximum absolute atomic E-state index is 12.0. The summed E-state index contributed by atoms with van der Waals surface area (Å²) in [6.07, 6.45) is 2.42. The number of carbonyl (C=O) groups is 1. The van der Waals surface area contributed by atoms with E-state index in [2.05, 4.69) is 9.97 Å². The molecule has 6 nitrogen and oxygen atoms in total. The first kappa shape index (κ1) is 15.5. The SMILES string of the molecule is CCOC(=O)c1nc(CC)n(C(C)(C)c2nccs2)c1N. The number of ether oxygens (including phenoxy) is 1. The normalized spacial score (nSPS) is 11.6. The molecule has 0 radical (unpaired) electrons. The van der Waals surface area contributed by atoms with Crippen LogP contribution in [0.1, 0.15) is 49.0 Å². The molecule has 2 aromatic rings. The first-order valence-corrected chi connectivity index (χ1v) is 7.76. The predicted molar refractivity (Wildman–Crippen MR) is 82.5 cm³/mol. The fourth-order valence-corrected chi connectivity index (χ4v) is 3.07. The van der Waals surface area contributed by atoms with Crippen molar-refractivity contribution >= 4 is 23.1 Å². The van der Waals surface area contributed by atoms with Crippen LogP contribution in [0, 0.1) is 0 Å². The molecule has 0 aromatic carbocycles. The van der Waals surface area contributed by atoms with Crippen LogP contribution >= 0.6 is 11.3 Å². The predicted octanol–water partition coefficient (Wildman–Crippen LogP) is 2.44. The van der Waals surface area contributed by atoms with Gasteiger partial charge in [0.05, 0.1) is 12.1 Å². The van der Waals surface area contributed by atoms with E-state index in [1.807, 2.05) is 30.7 Å². The summed E-state index contributed by atoms with van der Waals surface area (Å²) in [7, 11) is 0. The van der Waals surface area contributed by atoms with Gasteiger partial charge in [-0.3, -0.25) is 0 Å². The fraction of sp³-hybridized carbons (Fsp3) is 0.500. The minimum atomic E-state index is -0.488. The van der Waals surface area contributed by atoms with Crippen LogP contribution in [0.25, 0.3) is 0 Å². The van der Waals surface area contributed by atoms with E-state index in [1.54, 1.807) is 24.5 Å². The molecule has 0 saturated heterocycles. The molecule has 0 amide bonds. The van der Waals surface area contributed by atoms with Gasteiger partial charge in [0, 0.05) is 18.0 Å². The molecule has 2 heterocycles. The second-order valence-electron chi connectivity index (χ2n) is 5.07. The van der Waals surface area contributed by atoms with E-state index in [1.165, 1.54) is 0 Å². The Kier molecular flexibility index (Phi) is 4.32. The molecular formula is C14H20N4O2S. The third-order valence-corrected chi connectivity index (χ3v) is 4.37. The summed E-state index contributed by atoms with van der Waals surface area (Å²) in [4.78, 5) is 20.7. The summed E-state index contributed by atoms with van der Waals surface area (Å²) in [6.45, 7) is 8.05. The number of rotatable bonds is 5. The van der Waals surface area contributed by atoms with E-state index in [0.717, 1.165) is 10.8 Å². The number of anilines is 1. The average Bonchev–Trinajstić information content (AvgIpc) is 3.06. The Morgan fingerprint density at radius 3 is 2.71 bits per heavy atom. The van der Waals surface area contributed by atoms with Crippen molar-refractivity contribution in [2.45, 2.75) is 39.7 Å². The molecule has 0 bridgehead atoms. The van der Waals surface area contributed by atoms with Crippen LogP contribution < -0.4 is 5.73 Å². The lowest BCUT2D eigenvalue weighted by Gasteiger charge is -2.27. The molecule has 0 spiro atoms. The van der Waals surface area contributed by atoms with E-state index in [-0.39, 0.29) is 5.69 Å². The number of esters is 1. The van der Waals surface area contributed by atoms with Crippen LogP contribution in [0.15, 0.2) is 11.6 Å². The molecule has 0 atom stereocenters. The van der Waals surface area contributed by atoms with Crippen LogP contribution in [0.5, 0.6) is 0 Å². The highest BCUT2D eigenvalue weighted by molar-refractivity contribution is 7.09. The van der Waals surface area contributed by atoms with Gasteiger partial charge >= 0.3 is 5.97 Å². The number of nitrogens with two attached hydrogens (primary N) is 1. The van der Waals surface area contributed by atoms with Crippen molar-refractivity contribution in [2.75, 3.05) is 12.3 Å². The lowest BCUT2D eigenvalue weighted by atomic mass is 10.1. The zero-order valence-electron chi connectivity index (χ0n) is 12.7. The number of aryl methyl sites for hydroxylation is 1. The monoisotopic (exact) mass is 308 g/mol. The number of carbonyl (C=O) groups excluding carboxylic acids is 1. The van der Waals surface area contributed by atoms with Crippen LogP contribution in [-0.4, -0.2) is 27.1 Å². The molecule has 0 fully saturated rings. The first-order valence-electron chi connectivity index (χ1n) is 6.88. The molecule has 0 aliphatic heterocycles. The zero-order chi connectivity index (χ0) is 15.6. The molecule has 114 valence electrons. The van der Waals surface area contributed by atoms with E-state index in [4.69, 9.17) is 10.5 Å².